The van der Waals surface area contributed by atoms with E-state index in [9.17, 15) is 4.39 Å². The van der Waals surface area contributed by atoms with Crippen molar-refractivity contribution in [3.05, 3.63) is 41.5 Å². The van der Waals surface area contributed by atoms with Crippen LogP contribution in [0.2, 0.25) is 0 Å². The topological polar surface area (TPSA) is 47.9 Å². The Kier molecular flexibility index (Phi) is 2.70. The number of aromatic nitrogens is 3. The number of hydrogen-bond acceptors (Lipinski definition) is 4. The average Bonchev–Trinajstić information content (AvgIpc) is 2.46. The van der Waals surface area contributed by atoms with Crippen LogP contribution in [0.1, 0.15) is 50.9 Å². The van der Waals surface area contributed by atoms with E-state index in [-0.39, 0.29) is 17.3 Å². The smallest absolute Gasteiger partial charge is 0.182 e. The highest BCUT2D eigenvalue weighted by atomic mass is 19.1. The van der Waals surface area contributed by atoms with E-state index in [0.717, 1.165) is 29.8 Å². The molecule has 0 amide bonds. The van der Waals surface area contributed by atoms with Crippen LogP contribution in [-0.4, -0.2) is 20.8 Å². The minimum absolute atomic E-state index is 0.221. The van der Waals surface area contributed by atoms with Crippen molar-refractivity contribution in [2.24, 2.45) is 0 Å². The molecule has 2 aromatic rings. The maximum absolute atomic E-state index is 13.1. The van der Waals surface area contributed by atoms with E-state index >= 15 is 0 Å². The molecule has 5 heteroatoms. The van der Waals surface area contributed by atoms with Crippen LogP contribution in [-0.2, 0) is 10.3 Å². The van der Waals surface area contributed by atoms with Gasteiger partial charge in [-0.25, -0.2) is 9.37 Å². The van der Waals surface area contributed by atoms with Crippen molar-refractivity contribution in [2.45, 2.75) is 50.7 Å². The van der Waals surface area contributed by atoms with Gasteiger partial charge in [0.25, 0.3) is 0 Å². The Hall–Kier alpha value is -1.88. The molecule has 114 valence electrons. The SMILES string of the molecule is CC12CCC(c3nc(-c4ccc(F)cc4)nnc31)C(C)(C)O2. The van der Waals surface area contributed by atoms with Crippen LogP contribution < -0.4 is 0 Å². The lowest BCUT2D eigenvalue weighted by Gasteiger charge is -2.52. The van der Waals surface area contributed by atoms with Crippen molar-refractivity contribution in [2.75, 3.05) is 0 Å². The molecule has 3 aliphatic rings. The molecule has 2 bridgehead atoms. The monoisotopic (exact) mass is 299 g/mol. The van der Waals surface area contributed by atoms with E-state index in [2.05, 4.69) is 31.0 Å². The first kappa shape index (κ1) is 13.8. The molecule has 1 aromatic carbocycles. The molecule has 2 unspecified atom stereocenters. The molecule has 1 saturated heterocycles. The van der Waals surface area contributed by atoms with Crippen LogP contribution in [0, 0.1) is 5.82 Å². The highest BCUT2D eigenvalue weighted by molar-refractivity contribution is 5.54. The Balaban J connectivity index is 1.85. The van der Waals surface area contributed by atoms with E-state index < -0.39 is 5.60 Å². The van der Waals surface area contributed by atoms with Gasteiger partial charge in [-0.1, -0.05) is 0 Å². The lowest BCUT2D eigenvalue weighted by molar-refractivity contribution is -0.199. The summed E-state index contributed by atoms with van der Waals surface area (Å²) in [4.78, 5) is 4.76. The Morgan fingerprint density at radius 1 is 1.14 bits per heavy atom. The van der Waals surface area contributed by atoms with Gasteiger partial charge in [0.05, 0.1) is 11.3 Å². The number of halogens is 1. The number of rotatable bonds is 1. The molecule has 5 rings (SSSR count). The highest BCUT2D eigenvalue weighted by Crippen LogP contribution is 2.54. The predicted molar refractivity (Wildman–Crippen MR) is 79.7 cm³/mol. The molecule has 1 aliphatic carbocycles. The second kappa shape index (κ2) is 4.32. The van der Waals surface area contributed by atoms with Crippen molar-refractivity contribution in [1.29, 1.82) is 0 Å². The number of hydrogen-bond donors (Lipinski definition) is 0. The maximum Gasteiger partial charge on any atom is 0.182 e. The highest BCUT2D eigenvalue weighted by Gasteiger charge is 2.54. The van der Waals surface area contributed by atoms with Crippen LogP contribution in [0.3, 0.4) is 0 Å². The Morgan fingerprint density at radius 2 is 1.86 bits per heavy atom. The Bertz CT molecular complexity index is 744. The van der Waals surface area contributed by atoms with Crippen LogP contribution >= 0.6 is 0 Å². The summed E-state index contributed by atoms with van der Waals surface area (Å²) in [6.45, 7) is 6.28. The summed E-state index contributed by atoms with van der Waals surface area (Å²) in [5.74, 6) is 0.500. The molecule has 1 fully saturated rings. The Labute approximate surface area is 128 Å². The first-order valence-corrected chi connectivity index (χ1v) is 7.60. The summed E-state index contributed by atoms with van der Waals surface area (Å²) in [6.07, 6.45) is 1.98. The van der Waals surface area contributed by atoms with E-state index in [1.807, 2.05) is 0 Å². The first-order chi connectivity index (χ1) is 10.4. The molecular weight excluding hydrogens is 281 g/mol. The third-order valence-electron chi connectivity index (χ3n) is 4.88. The number of fused-ring (bicyclic) bond motifs is 2. The van der Waals surface area contributed by atoms with Gasteiger partial charge in [0.15, 0.2) is 5.82 Å². The van der Waals surface area contributed by atoms with Gasteiger partial charge in [-0.2, -0.15) is 0 Å². The summed E-state index contributed by atoms with van der Waals surface area (Å²) in [7, 11) is 0. The van der Waals surface area contributed by atoms with Crippen LogP contribution in [0.15, 0.2) is 24.3 Å². The first-order valence-electron chi connectivity index (χ1n) is 7.60. The Morgan fingerprint density at radius 3 is 2.55 bits per heavy atom. The fourth-order valence-electron chi connectivity index (χ4n) is 3.78. The minimum Gasteiger partial charge on any atom is -0.362 e. The fourth-order valence-corrected chi connectivity index (χ4v) is 3.78. The summed E-state index contributed by atoms with van der Waals surface area (Å²) in [5.41, 5.74) is 1.96. The third kappa shape index (κ3) is 1.88. The van der Waals surface area contributed by atoms with Crippen LogP contribution in [0.4, 0.5) is 4.39 Å². The van der Waals surface area contributed by atoms with Crippen molar-refractivity contribution < 1.29 is 9.13 Å². The summed E-state index contributed by atoms with van der Waals surface area (Å²) < 4.78 is 19.3. The molecule has 0 spiro atoms. The summed E-state index contributed by atoms with van der Waals surface area (Å²) in [5, 5.41) is 8.65. The normalized spacial score (nSPS) is 28.5. The van der Waals surface area contributed by atoms with E-state index in [4.69, 9.17) is 9.72 Å². The molecule has 0 N–H and O–H groups in total. The molecule has 1 aromatic heterocycles. The van der Waals surface area contributed by atoms with Gasteiger partial charge in [-0.05, 0) is 57.9 Å². The van der Waals surface area contributed by atoms with Gasteiger partial charge in [-0.3, -0.25) is 0 Å². The lowest BCUT2D eigenvalue weighted by atomic mass is 9.69. The van der Waals surface area contributed by atoms with Gasteiger partial charge in [0, 0.05) is 11.5 Å². The van der Waals surface area contributed by atoms with Crippen LogP contribution in [0.25, 0.3) is 11.4 Å². The largest absolute Gasteiger partial charge is 0.362 e. The number of nitrogens with zero attached hydrogens (tertiary/aromatic N) is 3. The molecular formula is C17H18FN3O. The molecule has 0 saturated carbocycles. The fraction of sp³-hybridized carbons (Fsp3) is 0.471. The van der Waals surface area contributed by atoms with E-state index in [0.29, 0.717) is 5.82 Å². The zero-order valence-electron chi connectivity index (χ0n) is 12.9. The second-order valence-corrected chi connectivity index (χ2v) is 6.90. The van der Waals surface area contributed by atoms with Gasteiger partial charge in [0.2, 0.25) is 0 Å². The zero-order chi connectivity index (χ0) is 15.5. The van der Waals surface area contributed by atoms with Gasteiger partial charge < -0.3 is 4.74 Å². The van der Waals surface area contributed by atoms with Crippen molar-refractivity contribution >= 4 is 0 Å². The second-order valence-electron chi connectivity index (χ2n) is 6.90. The van der Waals surface area contributed by atoms with Crippen molar-refractivity contribution in [3.8, 4) is 11.4 Å². The van der Waals surface area contributed by atoms with Crippen molar-refractivity contribution in [3.63, 3.8) is 0 Å². The lowest BCUT2D eigenvalue weighted by Crippen LogP contribution is -2.52. The zero-order valence-corrected chi connectivity index (χ0v) is 12.9. The predicted octanol–water partition coefficient (Wildman–Crippen LogP) is 3.58. The number of benzene rings is 1. The quantitative estimate of drug-likeness (QED) is 0.807. The third-order valence-corrected chi connectivity index (χ3v) is 4.88. The van der Waals surface area contributed by atoms with Crippen molar-refractivity contribution in [1.82, 2.24) is 15.2 Å². The average molecular weight is 299 g/mol. The van der Waals surface area contributed by atoms with Gasteiger partial charge in [0.1, 0.15) is 17.1 Å². The standard InChI is InChI=1S/C17H18FN3O/c1-16(2)12-8-9-17(3,22-16)14-13(12)19-15(21-20-14)10-4-6-11(18)7-5-10/h4-7,12H,8-9H2,1-3H3. The minimum atomic E-state index is -0.408. The number of ether oxygens (including phenoxy) is 1. The van der Waals surface area contributed by atoms with Gasteiger partial charge in [-0.15, -0.1) is 10.2 Å². The molecule has 2 atom stereocenters. The van der Waals surface area contributed by atoms with E-state index in [1.54, 1.807) is 12.1 Å². The summed E-state index contributed by atoms with van der Waals surface area (Å²) in [6, 6.07) is 6.20. The molecule has 3 heterocycles. The van der Waals surface area contributed by atoms with Crippen LogP contribution in [0.5, 0.6) is 0 Å². The van der Waals surface area contributed by atoms with E-state index in [1.165, 1.54) is 12.1 Å². The molecule has 2 aliphatic heterocycles. The molecule has 22 heavy (non-hydrogen) atoms. The maximum atomic E-state index is 13.1. The van der Waals surface area contributed by atoms with Gasteiger partial charge >= 0.3 is 0 Å². The molecule has 0 radical (unpaired) electrons. The summed E-state index contributed by atoms with van der Waals surface area (Å²) >= 11 is 0. The molecule has 4 nitrogen and oxygen atoms in total.